The molecular formula is C26H28BrN3O7S. The lowest BCUT2D eigenvalue weighted by molar-refractivity contribution is -0.119. The summed E-state index contributed by atoms with van der Waals surface area (Å²) in [6, 6.07) is 12.6. The van der Waals surface area contributed by atoms with Gasteiger partial charge in [0, 0.05) is 6.07 Å². The van der Waals surface area contributed by atoms with Crippen molar-refractivity contribution in [2.24, 2.45) is 5.10 Å². The van der Waals surface area contributed by atoms with Crippen LogP contribution in [0.15, 0.2) is 63.0 Å². The SMILES string of the molecule is COc1ccc(S(=O)(=O)N(CC(=O)N/N=C\c2cc(Br)c(O)c(OC)c2)c2cc(C)cc(C)c2)cc1OC. The molecule has 3 aromatic rings. The molecule has 0 unspecified atom stereocenters. The summed E-state index contributed by atoms with van der Waals surface area (Å²) in [7, 11) is 0.0615. The van der Waals surface area contributed by atoms with Crippen molar-refractivity contribution >= 4 is 43.8 Å². The van der Waals surface area contributed by atoms with Gasteiger partial charge in [0.2, 0.25) is 0 Å². The molecule has 0 heterocycles. The molecule has 0 saturated carbocycles. The van der Waals surface area contributed by atoms with Crippen molar-refractivity contribution in [2.75, 3.05) is 32.2 Å². The van der Waals surface area contributed by atoms with Gasteiger partial charge in [-0.2, -0.15) is 5.10 Å². The molecule has 3 aromatic carbocycles. The molecule has 202 valence electrons. The zero-order chi connectivity index (χ0) is 28.0. The Balaban J connectivity index is 1.93. The molecule has 0 aliphatic carbocycles. The molecule has 12 heteroatoms. The normalized spacial score (nSPS) is 11.3. The lowest BCUT2D eigenvalue weighted by atomic mass is 10.1. The van der Waals surface area contributed by atoms with Crippen molar-refractivity contribution in [3.8, 4) is 23.0 Å². The molecule has 0 aliphatic heterocycles. The second-order valence-electron chi connectivity index (χ2n) is 8.22. The fourth-order valence-corrected chi connectivity index (χ4v) is 5.56. The fourth-order valence-electron chi connectivity index (χ4n) is 3.68. The fraction of sp³-hybridized carbons (Fsp3) is 0.231. The van der Waals surface area contributed by atoms with Gasteiger partial charge in [-0.25, -0.2) is 13.8 Å². The van der Waals surface area contributed by atoms with Crippen LogP contribution in [-0.4, -0.2) is 53.5 Å². The molecular weight excluding hydrogens is 578 g/mol. The summed E-state index contributed by atoms with van der Waals surface area (Å²) in [5, 5.41) is 13.9. The van der Waals surface area contributed by atoms with Crippen LogP contribution in [0, 0.1) is 13.8 Å². The average molecular weight is 606 g/mol. The number of hydrazone groups is 1. The maximum absolute atomic E-state index is 13.8. The van der Waals surface area contributed by atoms with Gasteiger partial charge in [0.05, 0.1) is 42.6 Å². The number of halogens is 1. The number of aryl methyl sites for hydroxylation is 2. The first-order valence-corrected chi connectivity index (χ1v) is 13.4. The molecule has 0 aromatic heterocycles. The van der Waals surface area contributed by atoms with Crippen LogP contribution in [0.1, 0.15) is 16.7 Å². The minimum atomic E-state index is -4.20. The Hall–Kier alpha value is -3.77. The van der Waals surface area contributed by atoms with Crippen molar-refractivity contribution in [2.45, 2.75) is 18.7 Å². The largest absolute Gasteiger partial charge is 0.503 e. The first-order valence-electron chi connectivity index (χ1n) is 11.2. The van der Waals surface area contributed by atoms with E-state index in [0.29, 0.717) is 21.5 Å². The van der Waals surface area contributed by atoms with E-state index in [1.54, 1.807) is 18.2 Å². The number of nitrogens with zero attached hydrogens (tertiary/aromatic N) is 2. The Morgan fingerprint density at radius 2 is 1.61 bits per heavy atom. The lowest BCUT2D eigenvalue weighted by Gasteiger charge is -2.25. The summed E-state index contributed by atoms with van der Waals surface area (Å²) in [5.74, 6) is 0.0778. The van der Waals surface area contributed by atoms with Crippen LogP contribution in [-0.2, 0) is 14.8 Å². The highest BCUT2D eigenvalue weighted by Gasteiger charge is 2.28. The Bertz CT molecular complexity index is 1460. The van der Waals surface area contributed by atoms with E-state index in [1.807, 2.05) is 19.9 Å². The third-order valence-electron chi connectivity index (χ3n) is 5.40. The molecule has 0 spiro atoms. The third-order valence-corrected chi connectivity index (χ3v) is 7.77. The number of rotatable bonds is 10. The molecule has 0 aliphatic rings. The van der Waals surface area contributed by atoms with E-state index in [4.69, 9.17) is 14.2 Å². The molecule has 0 radical (unpaired) electrons. The molecule has 10 nitrogen and oxygen atoms in total. The molecule has 0 bridgehead atoms. The standard InChI is InChI=1S/C26H28BrN3O7S/c1-16-8-17(2)10-19(9-16)30(38(33,34)20-6-7-22(35-3)23(13-20)36-4)15-25(31)29-28-14-18-11-21(27)26(32)24(12-18)37-5/h6-14,32H,15H2,1-5H3,(H,29,31)/b28-14-. The number of hydrogen-bond donors (Lipinski definition) is 2. The summed E-state index contributed by atoms with van der Waals surface area (Å²) < 4.78 is 44.5. The second-order valence-corrected chi connectivity index (χ2v) is 10.9. The highest BCUT2D eigenvalue weighted by molar-refractivity contribution is 9.10. The molecule has 38 heavy (non-hydrogen) atoms. The lowest BCUT2D eigenvalue weighted by Crippen LogP contribution is -2.39. The molecule has 0 saturated heterocycles. The number of amides is 1. The number of benzene rings is 3. The first kappa shape index (κ1) is 28.8. The zero-order valence-corrected chi connectivity index (χ0v) is 23.9. The first-order chi connectivity index (χ1) is 18.0. The predicted molar refractivity (Wildman–Crippen MR) is 148 cm³/mol. The van der Waals surface area contributed by atoms with Gasteiger partial charge in [-0.15, -0.1) is 0 Å². The van der Waals surface area contributed by atoms with E-state index >= 15 is 0 Å². The van der Waals surface area contributed by atoms with E-state index in [9.17, 15) is 18.3 Å². The second kappa shape index (κ2) is 12.2. The molecule has 1 amide bonds. The summed E-state index contributed by atoms with van der Waals surface area (Å²) in [4.78, 5) is 12.8. The van der Waals surface area contributed by atoms with Crippen molar-refractivity contribution in [3.63, 3.8) is 0 Å². The van der Waals surface area contributed by atoms with Gasteiger partial charge in [0.15, 0.2) is 23.0 Å². The molecule has 0 fully saturated rings. The molecule has 0 atom stereocenters. The number of phenolic OH excluding ortho intramolecular Hbond substituents is 1. The van der Waals surface area contributed by atoms with Gasteiger partial charge in [-0.3, -0.25) is 9.10 Å². The maximum atomic E-state index is 13.8. The van der Waals surface area contributed by atoms with Gasteiger partial charge in [0.1, 0.15) is 6.54 Å². The smallest absolute Gasteiger partial charge is 0.264 e. The van der Waals surface area contributed by atoms with Crippen LogP contribution < -0.4 is 23.9 Å². The highest BCUT2D eigenvalue weighted by Crippen LogP contribution is 2.35. The summed E-state index contributed by atoms with van der Waals surface area (Å²) in [6.07, 6.45) is 1.34. The Morgan fingerprint density at radius 1 is 0.974 bits per heavy atom. The minimum absolute atomic E-state index is 0.0712. The van der Waals surface area contributed by atoms with Gasteiger partial charge < -0.3 is 19.3 Å². The third kappa shape index (κ3) is 6.56. The number of methoxy groups -OCH3 is 3. The molecule has 2 N–H and O–H groups in total. The monoisotopic (exact) mass is 605 g/mol. The number of carbonyl (C=O) groups is 1. The number of carbonyl (C=O) groups excluding carboxylic acids is 1. The Labute approximate surface area is 230 Å². The number of aromatic hydroxyl groups is 1. The summed E-state index contributed by atoms with van der Waals surface area (Å²) in [5.41, 5.74) is 4.87. The summed E-state index contributed by atoms with van der Waals surface area (Å²) >= 11 is 3.22. The van der Waals surface area contributed by atoms with Crippen molar-refractivity contribution < 1.29 is 32.5 Å². The van der Waals surface area contributed by atoms with Crippen molar-refractivity contribution in [3.05, 3.63) is 69.7 Å². The Morgan fingerprint density at radius 3 is 2.21 bits per heavy atom. The zero-order valence-electron chi connectivity index (χ0n) is 21.5. The van der Waals surface area contributed by atoms with Crippen LogP contribution in [0.3, 0.4) is 0 Å². The predicted octanol–water partition coefficient (Wildman–Crippen LogP) is 4.14. The summed E-state index contributed by atoms with van der Waals surface area (Å²) in [6.45, 7) is 3.14. The number of sulfonamides is 1. The van der Waals surface area contributed by atoms with E-state index in [2.05, 4.69) is 26.5 Å². The van der Waals surface area contributed by atoms with Gasteiger partial charge in [-0.05, 0) is 82.9 Å². The Kier molecular flexibility index (Phi) is 9.23. The van der Waals surface area contributed by atoms with Crippen LogP contribution >= 0.6 is 15.9 Å². The number of hydrogen-bond acceptors (Lipinski definition) is 8. The van der Waals surface area contributed by atoms with E-state index in [0.717, 1.165) is 15.4 Å². The number of ether oxygens (including phenoxy) is 3. The van der Waals surface area contributed by atoms with Crippen LogP contribution in [0.2, 0.25) is 0 Å². The number of phenols is 1. The van der Waals surface area contributed by atoms with Crippen molar-refractivity contribution in [1.82, 2.24) is 5.43 Å². The van der Waals surface area contributed by atoms with Crippen molar-refractivity contribution in [1.29, 1.82) is 0 Å². The van der Waals surface area contributed by atoms with Crippen LogP contribution in [0.4, 0.5) is 5.69 Å². The van der Waals surface area contributed by atoms with E-state index in [-0.39, 0.29) is 22.1 Å². The van der Waals surface area contributed by atoms with Crippen LogP contribution in [0.25, 0.3) is 0 Å². The maximum Gasteiger partial charge on any atom is 0.264 e. The number of anilines is 1. The molecule has 3 rings (SSSR count). The quantitative estimate of drug-likeness (QED) is 0.262. The average Bonchev–Trinajstić information content (AvgIpc) is 2.87. The van der Waals surface area contributed by atoms with Gasteiger partial charge >= 0.3 is 0 Å². The number of nitrogens with one attached hydrogen (secondary N) is 1. The van der Waals surface area contributed by atoms with E-state index in [1.165, 1.54) is 51.8 Å². The van der Waals surface area contributed by atoms with Gasteiger partial charge in [0.25, 0.3) is 15.9 Å². The minimum Gasteiger partial charge on any atom is -0.503 e. The van der Waals surface area contributed by atoms with Crippen LogP contribution in [0.5, 0.6) is 23.0 Å². The highest BCUT2D eigenvalue weighted by atomic mass is 79.9. The van der Waals surface area contributed by atoms with Gasteiger partial charge in [-0.1, -0.05) is 6.07 Å². The topological polar surface area (TPSA) is 127 Å². The van der Waals surface area contributed by atoms with E-state index < -0.39 is 22.5 Å².